The average molecular weight is 375 g/mol. The fourth-order valence-corrected chi connectivity index (χ4v) is 3.20. The summed E-state index contributed by atoms with van der Waals surface area (Å²) in [4.78, 5) is 14.5. The maximum Gasteiger partial charge on any atom is 0.279 e. The molecule has 0 aromatic heterocycles. The minimum absolute atomic E-state index is 0.0157. The number of quaternary nitrogens is 1. The van der Waals surface area contributed by atoms with Gasteiger partial charge in [-0.2, -0.15) is 0 Å². The maximum atomic E-state index is 12.2. The molecule has 0 aliphatic carbocycles. The molecule has 1 saturated heterocycles. The smallest absolute Gasteiger partial charge is 0.279 e. The molecule has 1 atom stereocenters. The summed E-state index contributed by atoms with van der Waals surface area (Å²) in [7, 11) is 0. The van der Waals surface area contributed by atoms with Crippen LogP contribution in [-0.4, -0.2) is 38.8 Å². The molecule has 0 spiro atoms. The van der Waals surface area contributed by atoms with E-state index in [0.717, 1.165) is 43.2 Å². The Kier molecular flexibility index (Phi) is 6.50. The van der Waals surface area contributed by atoms with Gasteiger partial charge in [-0.25, -0.2) is 0 Å². The quantitative estimate of drug-likeness (QED) is 0.816. The Bertz CT molecular complexity index is 730. The third-order valence-electron chi connectivity index (χ3n) is 4.56. The van der Waals surface area contributed by atoms with E-state index in [-0.39, 0.29) is 11.9 Å². The lowest BCUT2D eigenvalue weighted by molar-refractivity contribution is -0.682. The summed E-state index contributed by atoms with van der Waals surface area (Å²) in [6, 6.07) is 15.9. The van der Waals surface area contributed by atoms with Crippen molar-refractivity contribution in [2.75, 3.05) is 43.1 Å². The number of hydrogen-bond acceptors (Lipinski definition) is 3. The first kappa shape index (κ1) is 18.7. The molecule has 0 bridgehead atoms. The fraction of sp³-hybridized carbons (Fsp3) is 0.350. The molecule has 3 N–H and O–H groups in total. The first-order valence-electron chi connectivity index (χ1n) is 8.93. The Morgan fingerprint density at radius 1 is 1.23 bits per heavy atom. The van der Waals surface area contributed by atoms with Gasteiger partial charge in [0.05, 0.1) is 13.2 Å². The second kappa shape index (κ2) is 9.03. The SMILES string of the molecule is C[C@@H]([NH2+]CC(=O)Nc1ccc(N2CCOCC2)cc1)c1cccc(Cl)c1. The molecule has 3 rings (SSSR count). The van der Waals surface area contributed by atoms with Gasteiger partial charge in [0.2, 0.25) is 0 Å². The molecule has 1 fully saturated rings. The van der Waals surface area contributed by atoms with Crippen LogP contribution in [0.2, 0.25) is 5.02 Å². The second-order valence-corrected chi connectivity index (χ2v) is 6.91. The predicted molar refractivity (Wildman–Crippen MR) is 105 cm³/mol. The van der Waals surface area contributed by atoms with Gasteiger partial charge in [0.25, 0.3) is 5.91 Å². The van der Waals surface area contributed by atoms with Crippen LogP contribution >= 0.6 is 11.6 Å². The zero-order chi connectivity index (χ0) is 18.4. The van der Waals surface area contributed by atoms with Gasteiger partial charge in [-0.3, -0.25) is 4.79 Å². The van der Waals surface area contributed by atoms with Gasteiger partial charge in [0.15, 0.2) is 6.54 Å². The monoisotopic (exact) mass is 374 g/mol. The molecule has 6 heteroatoms. The summed E-state index contributed by atoms with van der Waals surface area (Å²) in [5.41, 5.74) is 3.09. The Balaban J connectivity index is 1.48. The average Bonchev–Trinajstić information content (AvgIpc) is 2.67. The molecular weight excluding hydrogens is 350 g/mol. The summed E-state index contributed by atoms with van der Waals surface area (Å²) >= 11 is 6.02. The number of carbonyl (C=O) groups is 1. The van der Waals surface area contributed by atoms with Crippen LogP contribution in [0.15, 0.2) is 48.5 Å². The molecule has 1 heterocycles. The van der Waals surface area contributed by atoms with Crippen molar-refractivity contribution in [3.63, 3.8) is 0 Å². The van der Waals surface area contributed by atoms with E-state index in [9.17, 15) is 4.79 Å². The van der Waals surface area contributed by atoms with Crippen LogP contribution in [0.25, 0.3) is 0 Å². The number of morpholine rings is 1. The number of halogens is 1. The maximum absolute atomic E-state index is 12.2. The van der Waals surface area contributed by atoms with Gasteiger partial charge in [0, 0.05) is 35.1 Å². The first-order chi connectivity index (χ1) is 12.6. The Hall–Kier alpha value is -2.08. The molecule has 0 radical (unpaired) electrons. The van der Waals surface area contributed by atoms with Crippen molar-refractivity contribution in [2.45, 2.75) is 13.0 Å². The van der Waals surface area contributed by atoms with Crippen LogP contribution in [-0.2, 0) is 9.53 Å². The number of nitrogens with one attached hydrogen (secondary N) is 1. The van der Waals surface area contributed by atoms with Crippen LogP contribution in [0.3, 0.4) is 0 Å². The number of nitrogens with two attached hydrogens (primary N) is 1. The van der Waals surface area contributed by atoms with Crippen molar-refractivity contribution in [1.82, 2.24) is 0 Å². The minimum Gasteiger partial charge on any atom is -0.378 e. The number of nitrogens with zero attached hydrogens (tertiary/aromatic N) is 1. The van der Waals surface area contributed by atoms with Gasteiger partial charge >= 0.3 is 0 Å². The van der Waals surface area contributed by atoms with Crippen LogP contribution in [0, 0.1) is 0 Å². The normalized spacial score (nSPS) is 15.5. The highest BCUT2D eigenvalue weighted by atomic mass is 35.5. The Labute approximate surface area is 159 Å². The molecule has 26 heavy (non-hydrogen) atoms. The number of rotatable bonds is 6. The van der Waals surface area contributed by atoms with Crippen LogP contribution in [0.5, 0.6) is 0 Å². The van der Waals surface area contributed by atoms with Crippen LogP contribution in [0.1, 0.15) is 18.5 Å². The standard InChI is InChI=1S/C20H24ClN3O2/c1-15(16-3-2-4-17(21)13-16)22-14-20(25)23-18-5-7-19(8-6-18)24-9-11-26-12-10-24/h2-8,13,15,22H,9-12,14H2,1H3,(H,23,25)/p+1/t15-/m1/s1. The second-order valence-electron chi connectivity index (χ2n) is 6.48. The van der Waals surface area contributed by atoms with E-state index in [1.165, 1.54) is 0 Å². The van der Waals surface area contributed by atoms with Crippen molar-refractivity contribution in [1.29, 1.82) is 0 Å². The lowest BCUT2D eigenvalue weighted by atomic mass is 10.1. The third-order valence-corrected chi connectivity index (χ3v) is 4.79. The van der Waals surface area contributed by atoms with E-state index in [2.05, 4.69) is 17.1 Å². The molecule has 5 nitrogen and oxygen atoms in total. The molecule has 2 aromatic carbocycles. The van der Waals surface area contributed by atoms with Crippen molar-refractivity contribution in [3.05, 3.63) is 59.1 Å². The van der Waals surface area contributed by atoms with E-state index in [1.807, 2.05) is 53.8 Å². The molecule has 0 saturated carbocycles. The fourth-order valence-electron chi connectivity index (χ4n) is 3.00. The summed E-state index contributed by atoms with van der Waals surface area (Å²) in [6.45, 7) is 5.76. The number of hydrogen-bond donors (Lipinski definition) is 2. The largest absolute Gasteiger partial charge is 0.378 e. The van der Waals surface area contributed by atoms with E-state index >= 15 is 0 Å². The summed E-state index contributed by atoms with van der Waals surface area (Å²) < 4.78 is 5.37. The Morgan fingerprint density at radius 3 is 2.65 bits per heavy atom. The van der Waals surface area contributed by atoms with Crippen LogP contribution < -0.4 is 15.5 Å². The Morgan fingerprint density at radius 2 is 1.96 bits per heavy atom. The highest BCUT2D eigenvalue weighted by Crippen LogP contribution is 2.19. The zero-order valence-electron chi connectivity index (χ0n) is 15.0. The minimum atomic E-state index is -0.0157. The van der Waals surface area contributed by atoms with E-state index in [1.54, 1.807) is 0 Å². The van der Waals surface area contributed by atoms with Gasteiger partial charge in [0.1, 0.15) is 6.04 Å². The molecule has 1 aliphatic heterocycles. The molecule has 1 amide bonds. The van der Waals surface area contributed by atoms with Gasteiger partial charge in [-0.1, -0.05) is 23.7 Å². The molecule has 0 unspecified atom stereocenters. The number of benzene rings is 2. The zero-order valence-corrected chi connectivity index (χ0v) is 15.7. The van der Waals surface area contributed by atoms with Crippen molar-refractivity contribution < 1.29 is 14.8 Å². The van der Waals surface area contributed by atoms with Crippen molar-refractivity contribution in [2.24, 2.45) is 0 Å². The van der Waals surface area contributed by atoms with Gasteiger partial charge < -0.3 is 20.3 Å². The van der Waals surface area contributed by atoms with Crippen LogP contribution in [0.4, 0.5) is 11.4 Å². The summed E-state index contributed by atoms with van der Waals surface area (Å²) in [6.07, 6.45) is 0. The number of carbonyl (C=O) groups excluding carboxylic acids is 1. The summed E-state index contributed by atoms with van der Waals surface area (Å²) in [5, 5.41) is 5.67. The predicted octanol–water partition coefficient (Wildman–Crippen LogP) is 2.44. The van der Waals surface area contributed by atoms with E-state index in [0.29, 0.717) is 11.6 Å². The first-order valence-corrected chi connectivity index (χ1v) is 9.31. The summed E-state index contributed by atoms with van der Waals surface area (Å²) in [5.74, 6) is -0.0157. The molecule has 2 aromatic rings. The number of amides is 1. The topological polar surface area (TPSA) is 58.2 Å². The lowest BCUT2D eigenvalue weighted by Gasteiger charge is -2.28. The van der Waals surface area contributed by atoms with Gasteiger partial charge in [-0.15, -0.1) is 0 Å². The third kappa shape index (κ3) is 5.21. The van der Waals surface area contributed by atoms with Gasteiger partial charge in [-0.05, 0) is 43.3 Å². The highest BCUT2D eigenvalue weighted by Gasteiger charge is 2.13. The van der Waals surface area contributed by atoms with Crippen molar-refractivity contribution in [3.8, 4) is 0 Å². The van der Waals surface area contributed by atoms with Crippen molar-refractivity contribution >= 4 is 28.9 Å². The number of ether oxygens (including phenoxy) is 1. The van der Waals surface area contributed by atoms with E-state index < -0.39 is 0 Å². The van der Waals surface area contributed by atoms with E-state index in [4.69, 9.17) is 16.3 Å². The lowest BCUT2D eigenvalue weighted by Crippen LogP contribution is -2.86. The highest BCUT2D eigenvalue weighted by molar-refractivity contribution is 6.30. The molecule has 1 aliphatic rings. The molecule has 138 valence electrons. The number of anilines is 2. The molecular formula is C20H25ClN3O2+.